The van der Waals surface area contributed by atoms with Crippen LogP contribution in [0.15, 0.2) is 18.7 Å². The summed E-state index contributed by atoms with van der Waals surface area (Å²) >= 11 is 0. The highest BCUT2D eigenvalue weighted by Crippen LogP contribution is 2.20. The fraction of sp³-hybridized carbons (Fsp3) is 0.667. The molecule has 0 aromatic carbocycles. The molecule has 0 amide bonds. The van der Waals surface area contributed by atoms with Crippen molar-refractivity contribution in [1.82, 2.24) is 14.5 Å². The third kappa shape index (κ3) is 3.85. The summed E-state index contributed by atoms with van der Waals surface area (Å²) in [7, 11) is 0. The number of carboxylic acid groups (broad SMARTS) is 1. The van der Waals surface area contributed by atoms with E-state index in [1.54, 1.807) is 6.20 Å². The van der Waals surface area contributed by atoms with Gasteiger partial charge in [0.15, 0.2) is 0 Å². The number of rotatable bonds is 6. The molecule has 0 saturated carbocycles. The lowest BCUT2D eigenvalue weighted by molar-refractivity contribution is -0.137. The Morgan fingerprint density at radius 3 is 3.06 bits per heavy atom. The molecule has 1 aromatic rings. The lowest BCUT2D eigenvalue weighted by atomic mass is 10.0. The zero-order chi connectivity index (χ0) is 12.1. The van der Waals surface area contributed by atoms with Gasteiger partial charge in [0, 0.05) is 38.4 Å². The molecule has 2 rings (SSSR count). The summed E-state index contributed by atoms with van der Waals surface area (Å²) in [6.45, 7) is 4.13. The Balaban J connectivity index is 1.65. The van der Waals surface area contributed by atoms with E-state index in [9.17, 15) is 4.79 Å². The van der Waals surface area contributed by atoms with E-state index < -0.39 is 5.97 Å². The molecule has 1 aromatic heterocycles. The molecule has 0 aliphatic carbocycles. The van der Waals surface area contributed by atoms with E-state index in [0.717, 1.165) is 39.0 Å². The summed E-state index contributed by atoms with van der Waals surface area (Å²) in [5.41, 5.74) is 0. The van der Waals surface area contributed by atoms with E-state index in [1.165, 1.54) is 0 Å². The van der Waals surface area contributed by atoms with Gasteiger partial charge in [-0.3, -0.25) is 4.79 Å². The van der Waals surface area contributed by atoms with Crippen LogP contribution in [0.5, 0.6) is 0 Å². The molecule has 1 aliphatic rings. The monoisotopic (exact) mass is 237 g/mol. The molecule has 1 aliphatic heterocycles. The van der Waals surface area contributed by atoms with Crippen molar-refractivity contribution < 1.29 is 9.90 Å². The fourth-order valence-corrected chi connectivity index (χ4v) is 2.36. The Labute approximate surface area is 101 Å². The van der Waals surface area contributed by atoms with Crippen LogP contribution in [0.25, 0.3) is 0 Å². The van der Waals surface area contributed by atoms with Crippen molar-refractivity contribution in [2.24, 2.45) is 5.92 Å². The Morgan fingerprint density at radius 1 is 1.47 bits per heavy atom. The lowest BCUT2D eigenvalue weighted by Gasteiger charge is -2.15. The molecule has 0 bridgehead atoms. The van der Waals surface area contributed by atoms with E-state index in [4.69, 9.17) is 5.11 Å². The van der Waals surface area contributed by atoms with Crippen LogP contribution < -0.4 is 0 Å². The Kier molecular flexibility index (Phi) is 4.14. The highest BCUT2D eigenvalue weighted by atomic mass is 16.4. The molecule has 1 saturated heterocycles. The number of aromatic nitrogens is 2. The average molecular weight is 237 g/mol. The summed E-state index contributed by atoms with van der Waals surface area (Å²) in [6.07, 6.45) is 7.85. The first kappa shape index (κ1) is 12.1. The van der Waals surface area contributed by atoms with Gasteiger partial charge in [0.25, 0.3) is 0 Å². The normalized spacial score (nSPS) is 20.8. The van der Waals surface area contributed by atoms with E-state index in [1.807, 2.05) is 12.5 Å². The number of imidazole rings is 1. The molecule has 5 nitrogen and oxygen atoms in total. The van der Waals surface area contributed by atoms with Crippen LogP contribution >= 0.6 is 0 Å². The molecule has 1 N–H and O–H groups in total. The predicted molar refractivity (Wildman–Crippen MR) is 63.6 cm³/mol. The predicted octanol–water partition coefficient (Wildman–Crippen LogP) is 1.07. The molecule has 0 radical (unpaired) electrons. The molecule has 0 spiro atoms. The molecule has 5 heteroatoms. The maximum Gasteiger partial charge on any atom is 0.303 e. The Bertz CT molecular complexity index is 351. The summed E-state index contributed by atoms with van der Waals surface area (Å²) in [5.74, 6) is -0.115. The van der Waals surface area contributed by atoms with Crippen molar-refractivity contribution >= 4 is 5.97 Å². The topological polar surface area (TPSA) is 58.4 Å². The highest BCUT2D eigenvalue weighted by molar-refractivity contribution is 5.66. The maximum atomic E-state index is 10.5. The van der Waals surface area contributed by atoms with Gasteiger partial charge in [0.2, 0.25) is 0 Å². The van der Waals surface area contributed by atoms with Crippen LogP contribution in [0.1, 0.15) is 19.3 Å². The van der Waals surface area contributed by atoms with Crippen molar-refractivity contribution in [1.29, 1.82) is 0 Å². The zero-order valence-electron chi connectivity index (χ0n) is 9.96. The van der Waals surface area contributed by atoms with Crippen molar-refractivity contribution in [3.05, 3.63) is 18.7 Å². The minimum atomic E-state index is -0.679. The molecular weight excluding hydrogens is 218 g/mol. The van der Waals surface area contributed by atoms with Crippen molar-refractivity contribution in [2.45, 2.75) is 25.8 Å². The number of nitrogens with zero attached hydrogens (tertiary/aromatic N) is 3. The second kappa shape index (κ2) is 5.82. The lowest BCUT2D eigenvalue weighted by Crippen LogP contribution is -2.25. The quantitative estimate of drug-likeness (QED) is 0.804. The largest absolute Gasteiger partial charge is 0.481 e. The van der Waals surface area contributed by atoms with Gasteiger partial charge in [-0.1, -0.05) is 0 Å². The van der Waals surface area contributed by atoms with Crippen LogP contribution in [-0.4, -0.2) is 45.2 Å². The minimum absolute atomic E-state index is 0.306. The van der Waals surface area contributed by atoms with Crippen LogP contribution in [0.4, 0.5) is 0 Å². The Morgan fingerprint density at radius 2 is 2.35 bits per heavy atom. The van der Waals surface area contributed by atoms with Gasteiger partial charge < -0.3 is 14.6 Å². The molecule has 1 atom stereocenters. The van der Waals surface area contributed by atoms with Crippen LogP contribution in [0.3, 0.4) is 0 Å². The van der Waals surface area contributed by atoms with E-state index in [-0.39, 0.29) is 0 Å². The first-order valence-electron chi connectivity index (χ1n) is 6.14. The highest BCUT2D eigenvalue weighted by Gasteiger charge is 2.22. The second-order valence-corrected chi connectivity index (χ2v) is 4.69. The van der Waals surface area contributed by atoms with Gasteiger partial charge in [-0.2, -0.15) is 0 Å². The molecule has 1 fully saturated rings. The average Bonchev–Trinajstić information content (AvgIpc) is 2.95. The molecule has 17 heavy (non-hydrogen) atoms. The number of likely N-dealkylation sites (tertiary alicyclic amines) is 1. The van der Waals surface area contributed by atoms with Crippen molar-refractivity contribution in [3.63, 3.8) is 0 Å². The van der Waals surface area contributed by atoms with Gasteiger partial charge in [0.1, 0.15) is 0 Å². The van der Waals surface area contributed by atoms with E-state index in [0.29, 0.717) is 12.3 Å². The zero-order valence-corrected chi connectivity index (χ0v) is 9.96. The van der Waals surface area contributed by atoms with Crippen LogP contribution in [0.2, 0.25) is 0 Å². The number of hydrogen-bond donors (Lipinski definition) is 1. The van der Waals surface area contributed by atoms with Crippen LogP contribution in [0, 0.1) is 5.92 Å². The summed E-state index contributed by atoms with van der Waals surface area (Å²) < 4.78 is 2.07. The van der Waals surface area contributed by atoms with E-state index in [2.05, 4.69) is 14.5 Å². The van der Waals surface area contributed by atoms with Gasteiger partial charge in [-0.15, -0.1) is 0 Å². The van der Waals surface area contributed by atoms with Gasteiger partial charge in [0.05, 0.1) is 6.33 Å². The van der Waals surface area contributed by atoms with E-state index >= 15 is 0 Å². The maximum absolute atomic E-state index is 10.5. The summed E-state index contributed by atoms with van der Waals surface area (Å²) in [5, 5.41) is 8.64. The fourth-order valence-electron chi connectivity index (χ4n) is 2.36. The first-order chi connectivity index (χ1) is 8.24. The minimum Gasteiger partial charge on any atom is -0.481 e. The molecule has 1 unspecified atom stereocenters. The van der Waals surface area contributed by atoms with Gasteiger partial charge in [-0.05, 0) is 25.3 Å². The number of carboxylic acids is 1. The Hall–Kier alpha value is -1.36. The standard InChI is InChI=1S/C12H19N3O2/c16-12(17)2-1-11-3-5-14(9-11)7-8-15-6-4-13-10-15/h4,6,10-11H,1-3,5,7-9H2,(H,16,17). The second-order valence-electron chi connectivity index (χ2n) is 4.69. The van der Waals surface area contributed by atoms with Gasteiger partial charge in [-0.25, -0.2) is 4.98 Å². The SMILES string of the molecule is O=C(O)CCC1CCN(CCn2ccnc2)C1. The first-order valence-corrected chi connectivity index (χ1v) is 6.14. The third-order valence-electron chi connectivity index (χ3n) is 3.37. The number of hydrogen-bond acceptors (Lipinski definition) is 3. The third-order valence-corrected chi connectivity index (χ3v) is 3.37. The van der Waals surface area contributed by atoms with Gasteiger partial charge >= 0.3 is 5.97 Å². The molecular formula is C12H19N3O2. The number of aliphatic carboxylic acids is 1. The number of carbonyl (C=O) groups is 1. The molecule has 94 valence electrons. The smallest absolute Gasteiger partial charge is 0.303 e. The molecule has 2 heterocycles. The summed E-state index contributed by atoms with van der Waals surface area (Å²) in [4.78, 5) is 16.9. The van der Waals surface area contributed by atoms with Crippen LogP contribution in [-0.2, 0) is 11.3 Å². The van der Waals surface area contributed by atoms with Crippen molar-refractivity contribution in [2.75, 3.05) is 19.6 Å². The summed E-state index contributed by atoms with van der Waals surface area (Å²) in [6, 6.07) is 0. The van der Waals surface area contributed by atoms with Crippen molar-refractivity contribution in [3.8, 4) is 0 Å².